The average Bonchev–Trinajstić information content (AvgIpc) is 2.19. The Morgan fingerprint density at radius 1 is 1.46 bits per heavy atom. The van der Waals surface area contributed by atoms with Crippen molar-refractivity contribution >= 4 is 5.91 Å². The van der Waals surface area contributed by atoms with Gasteiger partial charge in [-0.3, -0.25) is 4.79 Å². The molecular weight excluding hydrogens is 166 g/mol. The van der Waals surface area contributed by atoms with Crippen LogP contribution in [0.15, 0.2) is 24.3 Å². The number of carbonyl (C=O) groups excluding carboxylic acids is 1. The predicted octanol–water partition coefficient (Wildman–Crippen LogP) is 1.15. The third kappa shape index (κ3) is 2.78. The van der Waals surface area contributed by atoms with E-state index in [0.29, 0.717) is 6.42 Å². The lowest BCUT2D eigenvalue weighted by Crippen LogP contribution is -2.17. The molecule has 3 heteroatoms. The van der Waals surface area contributed by atoms with Crippen LogP contribution >= 0.6 is 0 Å². The monoisotopic (exact) mass is 178 g/mol. The van der Waals surface area contributed by atoms with Crippen molar-refractivity contribution in [2.45, 2.75) is 6.42 Å². The van der Waals surface area contributed by atoms with E-state index in [-0.39, 0.29) is 5.91 Å². The van der Waals surface area contributed by atoms with Crippen molar-refractivity contribution in [3.8, 4) is 5.75 Å². The molecule has 1 radical (unpaired) electrons. The normalized spacial score (nSPS) is 9.38. The van der Waals surface area contributed by atoms with Gasteiger partial charge in [0.25, 0.3) is 0 Å². The van der Waals surface area contributed by atoms with Gasteiger partial charge in [-0.25, -0.2) is 0 Å². The Hall–Kier alpha value is -1.51. The molecule has 3 nitrogen and oxygen atoms in total. The molecule has 1 aromatic carbocycles. The Labute approximate surface area is 77.7 Å². The summed E-state index contributed by atoms with van der Waals surface area (Å²) < 4.78 is 4.99. The number of rotatable bonds is 3. The maximum absolute atomic E-state index is 10.9. The topological polar surface area (TPSA) is 38.3 Å². The molecule has 0 saturated heterocycles. The molecule has 0 aliphatic heterocycles. The van der Waals surface area contributed by atoms with Gasteiger partial charge >= 0.3 is 0 Å². The molecule has 1 rings (SSSR count). The second-order valence-corrected chi connectivity index (χ2v) is 2.62. The van der Waals surface area contributed by atoms with Crippen LogP contribution < -0.4 is 10.1 Å². The van der Waals surface area contributed by atoms with Gasteiger partial charge in [-0.15, -0.1) is 0 Å². The van der Waals surface area contributed by atoms with Crippen molar-refractivity contribution < 1.29 is 9.53 Å². The van der Waals surface area contributed by atoms with Gasteiger partial charge in [0, 0.05) is 7.05 Å². The van der Waals surface area contributed by atoms with E-state index in [1.165, 1.54) is 0 Å². The number of amides is 1. The Morgan fingerprint density at radius 2 is 2.08 bits per heavy atom. The number of benzene rings is 1. The maximum Gasteiger partial charge on any atom is 0.224 e. The van der Waals surface area contributed by atoms with Crippen molar-refractivity contribution in [3.63, 3.8) is 0 Å². The van der Waals surface area contributed by atoms with Crippen LogP contribution in [0.5, 0.6) is 5.75 Å². The largest absolute Gasteiger partial charge is 0.497 e. The Kier molecular flexibility index (Phi) is 3.31. The number of hydrogen-bond acceptors (Lipinski definition) is 2. The molecule has 1 N–H and O–H groups in total. The molecule has 1 amide bonds. The summed E-state index contributed by atoms with van der Waals surface area (Å²) in [6, 6.07) is 7.36. The van der Waals surface area contributed by atoms with Gasteiger partial charge in [0.15, 0.2) is 0 Å². The summed E-state index contributed by atoms with van der Waals surface area (Å²) in [4.78, 5) is 10.9. The number of carbonyl (C=O) groups is 1. The Balaban J connectivity index is 2.64. The number of nitrogens with one attached hydrogen (secondary N) is 1. The lowest BCUT2D eigenvalue weighted by molar-refractivity contribution is -0.119. The van der Waals surface area contributed by atoms with Crippen LogP contribution in [0.3, 0.4) is 0 Å². The minimum Gasteiger partial charge on any atom is -0.497 e. The molecule has 0 spiro atoms. The van der Waals surface area contributed by atoms with Gasteiger partial charge in [0.05, 0.1) is 13.5 Å². The van der Waals surface area contributed by atoms with E-state index in [0.717, 1.165) is 11.3 Å². The smallest absolute Gasteiger partial charge is 0.224 e. The molecular formula is C10H12NO2. The second kappa shape index (κ2) is 4.50. The van der Waals surface area contributed by atoms with Gasteiger partial charge in [-0.05, 0) is 17.7 Å². The van der Waals surface area contributed by atoms with Crippen molar-refractivity contribution in [2.75, 3.05) is 7.11 Å². The van der Waals surface area contributed by atoms with Crippen LogP contribution in [0.25, 0.3) is 0 Å². The van der Waals surface area contributed by atoms with Crippen molar-refractivity contribution in [3.05, 3.63) is 36.9 Å². The molecule has 0 fully saturated rings. The van der Waals surface area contributed by atoms with Crippen LogP contribution in [0.1, 0.15) is 5.56 Å². The zero-order valence-electron chi connectivity index (χ0n) is 7.54. The third-order valence-electron chi connectivity index (χ3n) is 1.72. The van der Waals surface area contributed by atoms with E-state index >= 15 is 0 Å². The average molecular weight is 178 g/mol. The highest BCUT2D eigenvalue weighted by Gasteiger charge is 2.00. The highest BCUT2D eigenvalue weighted by atomic mass is 16.5. The first-order chi connectivity index (χ1) is 6.26. The van der Waals surface area contributed by atoms with Crippen molar-refractivity contribution in [1.82, 2.24) is 5.32 Å². The van der Waals surface area contributed by atoms with Crippen LogP contribution in [0.4, 0.5) is 0 Å². The van der Waals surface area contributed by atoms with Crippen LogP contribution in [0, 0.1) is 7.05 Å². The molecule has 0 atom stereocenters. The van der Waals surface area contributed by atoms with E-state index in [2.05, 4.69) is 12.4 Å². The summed E-state index contributed by atoms with van der Waals surface area (Å²) in [6.07, 6.45) is 0.355. The van der Waals surface area contributed by atoms with Crippen molar-refractivity contribution in [2.24, 2.45) is 0 Å². The van der Waals surface area contributed by atoms with Crippen LogP contribution in [0.2, 0.25) is 0 Å². The zero-order chi connectivity index (χ0) is 9.68. The lowest BCUT2D eigenvalue weighted by Gasteiger charge is -2.02. The highest BCUT2D eigenvalue weighted by molar-refractivity contribution is 5.78. The van der Waals surface area contributed by atoms with Gasteiger partial charge in [-0.1, -0.05) is 12.1 Å². The summed E-state index contributed by atoms with van der Waals surface area (Å²) >= 11 is 0. The quantitative estimate of drug-likeness (QED) is 0.753. The molecule has 1 aromatic rings. The molecule has 69 valence electrons. The molecule has 0 saturated carbocycles. The molecule has 0 unspecified atom stereocenters. The Bertz CT molecular complexity index is 279. The van der Waals surface area contributed by atoms with Crippen LogP contribution in [-0.2, 0) is 11.2 Å². The zero-order valence-corrected chi connectivity index (χ0v) is 7.54. The fourth-order valence-corrected chi connectivity index (χ4v) is 0.991. The standard InChI is InChI=1S/C10H12NO2/c1-11-10(12)7-8-3-5-9(13-2)6-4-8/h3-6H,1,7H2,2H3,(H,11,12). The highest BCUT2D eigenvalue weighted by Crippen LogP contribution is 2.11. The van der Waals surface area contributed by atoms with E-state index in [4.69, 9.17) is 4.74 Å². The fourth-order valence-electron chi connectivity index (χ4n) is 0.991. The maximum atomic E-state index is 10.9. The van der Waals surface area contributed by atoms with Crippen LogP contribution in [-0.4, -0.2) is 13.0 Å². The van der Waals surface area contributed by atoms with Gasteiger partial charge < -0.3 is 10.1 Å². The van der Waals surface area contributed by atoms with Crippen molar-refractivity contribution in [1.29, 1.82) is 0 Å². The molecule has 0 aliphatic carbocycles. The molecule has 0 aromatic heterocycles. The third-order valence-corrected chi connectivity index (χ3v) is 1.72. The van der Waals surface area contributed by atoms with Gasteiger partial charge in [0.1, 0.15) is 5.75 Å². The first-order valence-corrected chi connectivity index (χ1v) is 3.95. The molecule has 0 heterocycles. The fraction of sp³-hybridized carbons (Fsp3) is 0.200. The van der Waals surface area contributed by atoms with E-state index in [1.807, 2.05) is 24.3 Å². The summed E-state index contributed by atoms with van der Waals surface area (Å²) in [5, 5.41) is 2.32. The number of methoxy groups -OCH3 is 1. The van der Waals surface area contributed by atoms with Gasteiger partial charge in [0.2, 0.25) is 5.91 Å². The predicted molar refractivity (Wildman–Crippen MR) is 50.2 cm³/mol. The van der Waals surface area contributed by atoms with Gasteiger partial charge in [-0.2, -0.15) is 0 Å². The summed E-state index contributed by atoms with van der Waals surface area (Å²) in [5.74, 6) is 0.698. The van der Waals surface area contributed by atoms with E-state index < -0.39 is 0 Å². The Morgan fingerprint density at radius 3 is 2.54 bits per heavy atom. The number of ether oxygens (including phenoxy) is 1. The first-order valence-electron chi connectivity index (χ1n) is 3.95. The molecule has 0 aliphatic rings. The summed E-state index contributed by atoms with van der Waals surface area (Å²) in [7, 11) is 4.90. The van der Waals surface area contributed by atoms with E-state index in [9.17, 15) is 4.79 Å². The second-order valence-electron chi connectivity index (χ2n) is 2.62. The SMILES string of the molecule is [CH2]NC(=O)Cc1ccc(OC)cc1. The first kappa shape index (κ1) is 9.58. The molecule has 13 heavy (non-hydrogen) atoms. The summed E-state index contributed by atoms with van der Waals surface area (Å²) in [6.45, 7) is 0. The minimum atomic E-state index is -0.0924. The summed E-state index contributed by atoms with van der Waals surface area (Å²) in [5.41, 5.74) is 0.946. The molecule has 0 bridgehead atoms. The minimum absolute atomic E-state index is 0.0924. The van der Waals surface area contributed by atoms with E-state index in [1.54, 1.807) is 7.11 Å². The number of hydrogen-bond donors (Lipinski definition) is 1. The lowest BCUT2D eigenvalue weighted by atomic mass is 10.1.